The molecule has 0 rings (SSSR count). The largest absolute Gasteiger partial charge is 0.348 e. The van der Waals surface area contributed by atoms with Gasteiger partial charge in [0.15, 0.2) is 0 Å². The van der Waals surface area contributed by atoms with E-state index >= 15 is 0 Å². The molecule has 0 fully saturated rings. The van der Waals surface area contributed by atoms with Crippen LogP contribution in [0.3, 0.4) is 0 Å². The van der Waals surface area contributed by atoms with Crippen LogP contribution in [0.2, 0.25) is 0 Å². The van der Waals surface area contributed by atoms with Crippen molar-refractivity contribution < 1.29 is 17.8 Å². The van der Waals surface area contributed by atoms with Crippen molar-refractivity contribution in [1.29, 1.82) is 0 Å². The van der Waals surface area contributed by atoms with E-state index in [0.717, 1.165) is 0 Å². The fourth-order valence-corrected chi connectivity index (χ4v) is 0.746. The quantitative estimate of drug-likeness (QED) is 0.392. The van der Waals surface area contributed by atoms with Crippen LogP contribution in [0.1, 0.15) is 0 Å². The molecular formula is C8H11NO4S. The van der Waals surface area contributed by atoms with Crippen molar-refractivity contribution in [2.24, 2.45) is 0 Å². The Morgan fingerprint density at radius 3 is 2.50 bits per heavy atom. The second-order valence-electron chi connectivity index (χ2n) is 2.33. The molecule has 0 aliphatic heterocycles. The van der Waals surface area contributed by atoms with Crippen molar-refractivity contribution in [3.63, 3.8) is 0 Å². The first kappa shape index (κ1) is 12.6. The molecule has 0 aromatic rings. The van der Waals surface area contributed by atoms with Crippen LogP contribution in [0.25, 0.3) is 0 Å². The average molecular weight is 217 g/mol. The average Bonchev–Trinajstić information content (AvgIpc) is 2.09. The number of carbonyl (C=O) groups is 1. The molecule has 0 unspecified atom stereocenters. The van der Waals surface area contributed by atoms with E-state index in [-0.39, 0.29) is 6.54 Å². The SMILES string of the molecule is C=CC=CC(=O)NCC(=C)S(=O)(=O)O. The Hall–Kier alpha value is -1.40. The molecule has 0 aliphatic rings. The highest BCUT2D eigenvalue weighted by molar-refractivity contribution is 7.89. The van der Waals surface area contributed by atoms with E-state index in [1.54, 1.807) is 0 Å². The molecule has 0 aromatic heterocycles. The van der Waals surface area contributed by atoms with Crippen molar-refractivity contribution >= 4 is 16.0 Å². The molecule has 0 aromatic carbocycles. The van der Waals surface area contributed by atoms with Crippen molar-refractivity contribution in [1.82, 2.24) is 5.32 Å². The van der Waals surface area contributed by atoms with E-state index in [1.165, 1.54) is 18.2 Å². The number of allylic oxidation sites excluding steroid dienone is 2. The number of amides is 1. The second-order valence-corrected chi connectivity index (χ2v) is 3.85. The summed E-state index contributed by atoms with van der Waals surface area (Å²) in [7, 11) is -4.27. The van der Waals surface area contributed by atoms with Gasteiger partial charge in [-0.05, 0) is 0 Å². The van der Waals surface area contributed by atoms with Crippen molar-refractivity contribution in [2.45, 2.75) is 0 Å². The summed E-state index contributed by atoms with van der Waals surface area (Å²) in [6.07, 6.45) is 3.97. The highest BCUT2D eigenvalue weighted by atomic mass is 32.2. The van der Waals surface area contributed by atoms with Gasteiger partial charge in [-0.25, -0.2) is 0 Å². The van der Waals surface area contributed by atoms with Gasteiger partial charge >= 0.3 is 0 Å². The second kappa shape index (κ2) is 5.36. The van der Waals surface area contributed by atoms with Crippen molar-refractivity contribution in [3.05, 3.63) is 36.3 Å². The topological polar surface area (TPSA) is 83.5 Å². The maximum absolute atomic E-state index is 10.9. The molecule has 0 aliphatic carbocycles. The summed E-state index contributed by atoms with van der Waals surface area (Å²) in [5.41, 5.74) is 0. The fraction of sp³-hybridized carbons (Fsp3) is 0.125. The van der Waals surface area contributed by atoms with Crippen molar-refractivity contribution in [2.75, 3.05) is 6.54 Å². The van der Waals surface area contributed by atoms with Gasteiger partial charge in [0.05, 0.1) is 11.4 Å². The molecule has 0 heterocycles. The Morgan fingerprint density at radius 1 is 1.50 bits per heavy atom. The Bertz CT molecular complexity index is 367. The lowest BCUT2D eigenvalue weighted by atomic mass is 10.4. The third-order valence-electron chi connectivity index (χ3n) is 1.21. The summed E-state index contributed by atoms with van der Waals surface area (Å²) in [4.78, 5) is 10.4. The number of carbonyl (C=O) groups excluding carboxylic acids is 1. The molecule has 6 heteroatoms. The van der Waals surface area contributed by atoms with E-state index in [9.17, 15) is 13.2 Å². The first-order valence-corrected chi connectivity index (χ1v) is 5.04. The molecule has 1 amide bonds. The molecular weight excluding hydrogens is 206 g/mol. The summed E-state index contributed by atoms with van der Waals surface area (Å²) in [6, 6.07) is 0. The summed E-state index contributed by atoms with van der Waals surface area (Å²) < 4.78 is 29.3. The third-order valence-corrected chi connectivity index (χ3v) is 2.08. The van der Waals surface area contributed by atoms with Crippen LogP contribution in [0.15, 0.2) is 36.3 Å². The van der Waals surface area contributed by atoms with Gasteiger partial charge < -0.3 is 5.32 Å². The number of nitrogens with one attached hydrogen (secondary N) is 1. The normalized spacial score (nSPS) is 11.2. The molecule has 0 saturated carbocycles. The number of hydrogen-bond acceptors (Lipinski definition) is 3. The van der Waals surface area contributed by atoms with Gasteiger partial charge in [-0.15, -0.1) is 0 Å². The van der Waals surface area contributed by atoms with Crippen LogP contribution in [0.5, 0.6) is 0 Å². The highest BCUT2D eigenvalue weighted by Crippen LogP contribution is 1.97. The van der Waals surface area contributed by atoms with Gasteiger partial charge in [-0.2, -0.15) is 8.42 Å². The minimum absolute atomic E-state index is 0.320. The van der Waals surface area contributed by atoms with Crippen LogP contribution in [-0.2, 0) is 14.9 Å². The minimum Gasteiger partial charge on any atom is -0.348 e. The van der Waals surface area contributed by atoms with E-state index in [4.69, 9.17) is 4.55 Å². The molecule has 2 N–H and O–H groups in total. The molecule has 0 radical (unpaired) electrons. The van der Waals surface area contributed by atoms with E-state index < -0.39 is 20.9 Å². The Kier molecular flexibility index (Phi) is 4.82. The Morgan fingerprint density at radius 2 is 2.07 bits per heavy atom. The molecule has 0 saturated heterocycles. The van der Waals surface area contributed by atoms with E-state index in [1.807, 2.05) is 0 Å². The lowest BCUT2D eigenvalue weighted by molar-refractivity contribution is -0.116. The number of rotatable bonds is 5. The van der Waals surface area contributed by atoms with E-state index in [2.05, 4.69) is 18.5 Å². The molecule has 0 bridgehead atoms. The highest BCUT2D eigenvalue weighted by Gasteiger charge is 2.10. The molecule has 5 nitrogen and oxygen atoms in total. The van der Waals surface area contributed by atoms with Crippen molar-refractivity contribution in [3.8, 4) is 0 Å². The monoisotopic (exact) mass is 217 g/mol. The summed E-state index contributed by atoms with van der Waals surface area (Å²) in [5, 5.41) is 2.21. The maximum atomic E-state index is 10.9. The van der Waals surface area contributed by atoms with Crippen LogP contribution in [-0.4, -0.2) is 25.4 Å². The lowest BCUT2D eigenvalue weighted by Crippen LogP contribution is -2.25. The van der Waals surface area contributed by atoms with Crippen LogP contribution in [0.4, 0.5) is 0 Å². The zero-order chi connectivity index (χ0) is 11.2. The Labute approximate surface area is 82.6 Å². The summed E-state index contributed by atoms with van der Waals surface area (Å²) in [5.74, 6) is -0.491. The number of hydrogen-bond donors (Lipinski definition) is 2. The minimum atomic E-state index is -4.27. The molecule has 0 spiro atoms. The standard InChI is InChI=1S/C8H11NO4S/c1-3-4-5-8(10)9-6-7(2)14(11,12)13/h3-5H,1-2,6H2,(H,9,10)(H,11,12,13). The Balaban J connectivity index is 4.09. The van der Waals surface area contributed by atoms with E-state index in [0.29, 0.717) is 0 Å². The first-order chi connectivity index (χ1) is 6.38. The summed E-state index contributed by atoms with van der Waals surface area (Å²) in [6.45, 7) is 6.11. The molecule has 14 heavy (non-hydrogen) atoms. The first-order valence-electron chi connectivity index (χ1n) is 3.60. The predicted octanol–water partition coefficient (Wildman–Crippen LogP) is 0.246. The van der Waals surface area contributed by atoms with Gasteiger partial charge in [0.25, 0.3) is 10.1 Å². The third kappa shape index (κ3) is 5.28. The van der Waals surface area contributed by atoms with Gasteiger partial charge in [-0.3, -0.25) is 9.35 Å². The predicted molar refractivity (Wildman–Crippen MR) is 53.0 cm³/mol. The van der Waals surface area contributed by atoms with Crippen LogP contribution in [0, 0.1) is 0 Å². The smallest absolute Gasteiger partial charge is 0.291 e. The zero-order valence-corrected chi connectivity index (χ0v) is 8.25. The van der Waals surface area contributed by atoms with Gasteiger partial charge in [0.2, 0.25) is 5.91 Å². The maximum Gasteiger partial charge on any atom is 0.291 e. The lowest BCUT2D eigenvalue weighted by Gasteiger charge is -2.01. The van der Waals surface area contributed by atoms with Crippen LogP contribution >= 0.6 is 0 Å². The van der Waals surface area contributed by atoms with Crippen LogP contribution < -0.4 is 5.32 Å². The van der Waals surface area contributed by atoms with Gasteiger partial charge in [-0.1, -0.05) is 25.3 Å². The fourth-order valence-electron chi connectivity index (χ4n) is 0.491. The van der Waals surface area contributed by atoms with Gasteiger partial charge in [0, 0.05) is 6.08 Å². The summed E-state index contributed by atoms with van der Waals surface area (Å²) >= 11 is 0. The zero-order valence-electron chi connectivity index (χ0n) is 7.43. The molecule has 78 valence electrons. The van der Waals surface area contributed by atoms with Gasteiger partial charge in [0.1, 0.15) is 0 Å². The molecule has 0 atom stereocenters.